The fourth-order valence-corrected chi connectivity index (χ4v) is 7.12. The van der Waals surface area contributed by atoms with E-state index >= 15 is 0 Å². The first-order valence-corrected chi connectivity index (χ1v) is 15.6. The van der Waals surface area contributed by atoms with Crippen LogP contribution in [-0.4, -0.2) is 52.0 Å². The van der Waals surface area contributed by atoms with Crippen LogP contribution >= 0.6 is 23.1 Å². The molecule has 3 atom stereocenters. The summed E-state index contributed by atoms with van der Waals surface area (Å²) in [6.45, 7) is 16.2. The summed E-state index contributed by atoms with van der Waals surface area (Å²) in [5.41, 5.74) is -0.411. The lowest BCUT2D eigenvalue weighted by atomic mass is 9.83. The number of hydrogen-bond acceptors (Lipinski definition) is 7. The predicted octanol–water partition coefficient (Wildman–Crippen LogP) is 7.14. The second-order valence-corrected chi connectivity index (χ2v) is 14.5. The lowest BCUT2D eigenvalue weighted by molar-refractivity contribution is -0.168. The van der Waals surface area contributed by atoms with Gasteiger partial charge >= 0.3 is 5.97 Å². The molecule has 1 aliphatic rings. The van der Waals surface area contributed by atoms with E-state index < -0.39 is 11.1 Å². The van der Waals surface area contributed by atoms with Crippen LogP contribution in [0, 0.1) is 11.8 Å². The number of thioether (sulfide) groups is 1. The van der Waals surface area contributed by atoms with Gasteiger partial charge in [0.15, 0.2) is 0 Å². The number of carbonyl (C=O) groups excluding carboxylic acids is 2. The van der Waals surface area contributed by atoms with Gasteiger partial charge < -0.3 is 14.4 Å². The second kappa shape index (κ2) is 11.6. The highest BCUT2D eigenvalue weighted by Crippen LogP contribution is 2.52. The van der Waals surface area contributed by atoms with Gasteiger partial charge in [0.05, 0.1) is 13.2 Å². The number of nitrogens with zero attached hydrogens (tertiary/aromatic N) is 2. The molecule has 0 unspecified atom stereocenters. The first-order chi connectivity index (χ1) is 17.6. The van der Waals surface area contributed by atoms with Crippen LogP contribution in [0.2, 0.25) is 0 Å². The molecule has 0 saturated carbocycles. The molecular formula is C30H44N2O4S2. The molecule has 1 saturated heterocycles. The molecular weight excluding hydrogens is 516 g/mol. The van der Waals surface area contributed by atoms with Gasteiger partial charge in [0.1, 0.15) is 21.9 Å². The Hall–Kier alpha value is -2.06. The van der Waals surface area contributed by atoms with Crippen LogP contribution in [0.4, 0.5) is 0 Å². The molecule has 0 spiro atoms. The van der Waals surface area contributed by atoms with E-state index in [0.717, 1.165) is 16.3 Å². The van der Waals surface area contributed by atoms with Gasteiger partial charge in [-0.2, -0.15) is 11.8 Å². The van der Waals surface area contributed by atoms with Gasteiger partial charge in [-0.3, -0.25) is 4.79 Å². The topological polar surface area (TPSA) is 68.7 Å². The van der Waals surface area contributed by atoms with Gasteiger partial charge in [0.2, 0.25) is 0 Å². The number of aromatic nitrogens is 1. The molecule has 8 heteroatoms. The van der Waals surface area contributed by atoms with Crippen molar-refractivity contribution in [2.24, 2.45) is 11.8 Å². The molecule has 0 aliphatic carbocycles. The Morgan fingerprint density at radius 1 is 1.21 bits per heavy atom. The zero-order chi connectivity index (χ0) is 28.5. The minimum Gasteiger partial charge on any atom is -0.496 e. The van der Waals surface area contributed by atoms with Crippen LogP contribution in [0.15, 0.2) is 29.8 Å². The molecule has 2 heterocycles. The largest absolute Gasteiger partial charge is 0.496 e. The van der Waals surface area contributed by atoms with Crippen LogP contribution in [0.1, 0.15) is 95.2 Å². The normalized spacial score (nSPS) is 22.1. The number of rotatable bonds is 8. The number of amides is 1. The van der Waals surface area contributed by atoms with E-state index in [4.69, 9.17) is 9.47 Å². The molecule has 38 heavy (non-hydrogen) atoms. The number of methoxy groups -OCH3 is 1. The number of thiazole rings is 1. The van der Waals surface area contributed by atoms with Crippen molar-refractivity contribution in [3.05, 3.63) is 45.9 Å². The van der Waals surface area contributed by atoms with Crippen LogP contribution in [0.25, 0.3) is 0 Å². The molecule has 1 aromatic carbocycles. The van der Waals surface area contributed by atoms with Gasteiger partial charge in [-0.25, -0.2) is 9.78 Å². The summed E-state index contributed by atoms with van der Waals surface area (Å²) in [6, 6.07) is 5.33. The van der Waals surface area contributed by atoms with Gasteiger partial charge in [-0.15, -0.1) is 11.3 Å². The third-order valence-electron chi connectivity index (χ3n) is 6.87. The smallest absolute Gasteiger partial charge is 0.332 e. The number of likely N-dealkylation sites (tertiary alicyclic amines) is 1. The number of hydrogen-bond donors (Lipinski definition) is 0. The Balaban J connectivity index is 2.25. The molecule has 1 amide bonds. The van der Waals surface area contributed by atoms with Crippen molar-refractivity contribution >= 4 is 35.0 Å². The second-order valence-electron chi connectivity index (χ2n) is 12.7. The Kier molecular flexibility index (Phi) is 9.29. The monoisotopic (exact) mass is 560 g/mol. The maximum absolute atomic E-state index is 14.6. The van der Waals surface area contributed by atoms with Crippen LogP contribution in [0.5, 0.6) is 5.75 Å². The molecule has 1 aromatic heterocycles. The minimum absolute atomic E-state index is 0.0575. The molecule has 6 nitrogen and oxygen atoms in total. The fourth-order valence-electron chi connectivity index (χ4n) is 5.58. The van der Waals surface area contributed by atoms with Crippen molar-refractivity contribution in [3.63, 3.8) is 0 Å². The van der Waals surface area contributed by atoms with E-state index in [0.29, 0.717) is 24.2 Å². The zero-order valence-corrected chi connectivity index (χ0v) is 26.2. The van der Waals surface area contributed by atoms with E-state index in [1.807, 2.05) is 49.3 Å². The van der Waals surface area contributed by atoms with Crippen molar-refractivity contribution in [2.45, 2.75) is 90.8 Å². The predicted molar refractivity (Wildman–Crippen MR) is 157 cm³/mol. The summed E-state index contributed by atoms with van der Waals surface area (Å²) in [5.74, 6) is 1.17. The van der Waals surface area contributed by atoms with Crippen molar-refractivity contribution in [1.29, 1.82) is 0 Å². The number of esters is 1. The lowest BCUT2D eigenvalue weighted by Gasteiger charge is -2.41. The highest BCUT2D eigenvalue weighted by Gasteiger charge is 2.60. The maximum Gasteiger partial charge on any atom is 0.332 e. The highest BCUT2D eigenvalue weighted by molar-refractivity contribution is 7.98. The average Bonchev–Trinajstić information content (AvgIpc) is 3.43. The Labute approximate surface area is 236 Å². The minimum atomic E-state index is -1.11. The molecule has 1 fully saturated rings. The van der Waals surface area contributed by atoms with Crippen molar-refractivity contribution in [2.75, 3.05) is 19.1 Å². The van der Waals surface area contributed by atoms with E-state index in [1.165, 1.54) is 11.3 Å². The van der Waals surface area contributed by atoms with Crippen LogP contribution < -0.4 is 4.74 Å². The molecule has 0 N–H and O–H groups in total. The first-order valence-electron chi connectivity index (χ1n) is 13.3. The maximum atomic E-state index is 14.6. The van der Waals surface area contributed by atoms with E-state index in [-0.39, 0.29) is 35.2 Å². The number of carbonyl (C=O) groups is 2. The molecule has 2 aromatic rings. The Bertz CT molecular complexity index is 1120. The standard InChI is InChI=1S/C30H44N2O4S2/c1-19(2)16-30(27(34)36-29(6,7)8)17-21(18-37-10)24(25-31-13-14-38-25)32(30)26(33)20-11-12-22(28(3,4)5)23(15-20)35-9/h11-15,19,21,24H,16-18H2,1-10H3/t21-,24+,30-/m0/s1. The third kappa shape index (κ3) is 6.39. The van der Waals surface area contributed by atoms with Crippen molar-refractivity contribution in [1.82, 2.24) is 9.88 Å². The third-order valence-corrected chi connectivity index (χ3v) is 8.48. The lowest BCUT2D eigenvalue weighted by Crippen LogP contribution is -2.56. The summed E-state index contributed by atoms with van der Waals surface area (Å²) in [4.78, 5) is 35.3. The number of benzene rings is 1. The Morgan fingerprint density at radius 3 is 2.39 bits per heavy atom. The van der Waals surface area contributed by atoms with Gasteiger partial charge in [-0.05, 0) is 80.6 Å². The van der Waals surface area contributed by atoms with Gasteiger partial charge in [0, 0.05) is 17.1 Å². The molecule has 1 aliphatic heterocycles. The van der Waals surface area contributed by atoms with Crippen LogP contribution in [-0.2, 0) is 14.9 Å². The molecule has 3 rings (SSSR count). The fraction of sp³-hybridized carbons (Fsp3) is 0.633. The number of ether oxygens (including phenoxy) is 2. The van der Waals surface area contributed by atoms with Crippen molar-refractivity contribution in [3.8, 4) is 5.75 Å². The molecule has 210 valence electrons. The van der Waals surface area contributed by atoms with Gasteiger partial charge in [0.25, 0.3) is 5.91 Å². The average molecular weight is 561 g/mol. The van der Waals surface area contributed by atoms with E-state index in [2.05, 4.69) is 45.9 Å². The zero-order valence-electron chi connectivity index (χ0n) is 24.6. The summed E-state index contributed by atoms with van der Waals surface area (Å²) in [7, 11) is 1.63. The first kappa shape index (κ1) is 30.5. The van der Waals surface area contributed by atoms with E-state index in [9.17, 15) is 9.59 Å². The summed E-state index contributed by atoms with van der Waals surface area (Å²) >= 11 is 3.26. The summed E-state index contributed by atoms with van der Waals surface area (Å²) in [5, 5.41) is 2.79. The van der Waals surface area contributed by atoms with E-state index in [1.54, 1.807) is 25.1 Å². The quantitative estimate of drug-likeness (QED) is 0.320. The van der Waals surface area contributed by atoms with Gasteiger partial charge in [-0.1, -0.05) is 40.7 Å². The summed E-state index contributed by atoms with van der Waals surface area (Å²) in [6.07, 6.45) is 4.89. The van der Waals surface area contributed by atoms with Crippen molar-refractivity contribution < 1.29 is 19.1 Å². The Morgan fingerprint density at radius 2 is 1.89 bits per heavy atom. The molecule has 0 bridgehead atoms. The SMILES string of the molecule is COc1cc(C(=O)N2[C@@H](c3nccs3)[C@H](CSC)C[C@@]2(CC(C)C)C(=O)OC(C)(C)C)ccc1C(C)(C)C. The van der Waals surface area contributed by atoms with Crippen LogP contribution in [0.3, 0.4) is 0 Å². The summed E-state index contributed by atoms with van der Waals surface area (Å²) < 4.78 is 11.8. The molecule has 0 radical (unpaired) electrons. The highest BCUT2D eigenvalue weighted by atomic mass is 32.2.